The van der Waals surface area contributed by atoms with Crippen LogP contribution in [0.1, 0.15) is 23.8 Å². The zero-order valence-electron chi connectivity index (χ0n) is 18.3. The molecule has 1 fully saturated rings. The number of nitrogens with zero attached hydrogens (tertiary/aromatic N) is 5. The maximum atomic E-state index is 5.44. The van der Waals surface area contributed by atoms with Gasteiger partial charge in [-0.3, -0.25) is 9.89 Å². The lowest BCUT2D eigenvalue weighted by atomic mass is 10.1. The van der Waals surface area contributed by atoms with Gasteiger partial charge in [-0.25, -0.2) is 9.67 Å². The fourth-order valence-electron chi connectivity index (χ4n) is 3.90. The van der Waals surface area contributed by atoms with Crippen molar-refractivity contribution in [2.24, 2.45) is 4.99 Å². The Morgan fingerprint density at radius 1 is 1.35 bits per heavy atom. The van der Waals surface area contributed by atoms with E-state index in [-0.39, 0.29) is 6.04 Å². The van der Waals surface area contributed by atoms with E-state index in [1.165, 1.54) is 0 Å². The summed E-state index contributed by atoms with van der Waals surface area (Å²) in [7, 11) is 1.67. The highest BCUT2D eigenvalue weighted by Gasteiger charge is 2.22. The van der Waals surface area contributed by atoms with Gasteiger partial charge in [0.25, 0.3) is 0 Å². The molecule has 1 unspecified atom stereocenters. The molecule has 0 amide bonds. The molecule has 31 heavy (non-hydrogen) atoms. The lowest BCUT2D eigenvalue weighted by molar-refractivity contribution is 0.0394. The van der Waals surface area contributed by atoms with Crippen molar-refractivity contribution in [2.45, 2.75) is 38.5 Å². The standard InChI is InChI=1S/C21H33N7O3/c1-29-16-19-25-20-5-4-17(15-28(20)26-19)24-21(22-7-6-18-3-2-12-31-18)23-8-9-27-10-13-30-14-11-27/h2-3,12,17H,4-11,13-16H2,1H3,(H2,22,23,24). The van der Waals surface area contributed by atoms with Crippen molar-refractivity contribution in [1.29, 1.82) is 0 Å². The van der Waals surface area contributed by atoms with Gasteiger partial charge in [0.1, 0.15) is 18.2 Å². The van der Waals surface area contributed by atoms with Gasteiger partial charge in [0.2, 0.25) is 0 Å². The summed E-state index contributed by atoms with van der Waals surface area (Å²) in [6.07, 6.45) is 4.41. The zero-order valence-corrected chi connectivity index (χ0v) is 18.3. The van der Waals surface area contributed by atoms with Crippen LogP contribution in [-0.4, -0.2) is 84.7 Å². The van der Waals surface area contributed by atoms with E-state index in [1.54, 1.807) is 13.4 Å². The second-order valence-electron chi connectivity index (χ2n) is 7.88. The molecule has 0 aliphatic carbocycles. The van der Waals surface area contributed by atoms with E-state index < -0.39 is 0 Å². The summed E-state index contributed by atoms with van der Waals surface area (Å²) in [5.74, 6) is 3.58. The zero-order chi connectivity index (χ0) is 21.3. The Balaban J connectivity index is 1.32. The Bertz CT molecular complexity index is 815. The summed E-state index contributed by atoms with van der Waals surface area (Å²) in [4.78, 5) is 11.8. The summed E-state index contributed by atoms with van der Waals surface area (Å²) < 4.78 is 18.0. The molecule has 0 radical (unpaired) electrons. The third kappa shape index (κ3) is 6.52. The van der Waals surface area contributed by atoms with Gasteiger partial charge in [-0.2, -0.15) is 5.10 Å². The highest BCUT2D eigenvalue weighted by molar-refractivity contribution is 5.80. The predicted octanol–water partition coefficient (Wildman–Crippen LogP) is 0.442. The van der Waals surface area contributed by atoms with E-state index in [2.05, 4.69) is 25.6 Å². The number of hydrogen-bond acceptors (Lipinski definition) is 7. The maximum absolute atomic E-state index is 5.44. The van der Waals surface area contributed by atoms with Gasteiger partial charge in [-0.05, 0) is 18.6 Å². The number of hydrogen-bond donors (Lipinski definition) is 2. The van der Waals surface area contributed by atoms with Crippen LogP contribution in [0.3, 0.4) is 0 Å². The Kier molecular flexibility index (Phi) is 7.92. The third-order valence-electron chi connectivity index (χ3n) is 5.55. The topological polar surface area (TPSA) is 102 Å². The van der Waals surface area contributed by atoms with Gasteiger partial charge < -0.3 is 24.5 Å². The van der Waals surface area contributed by atoms with Gasteiger partial charge in [-0.1, -0.05) is 0 Å². The maximum Gasteiger partial charge on any atom is 0.191 e. The largest absolute Gasteiger partial charge is 0.469 e. The Labute approximate surface area is 183 Å². The first-order valence-electron chi connectivity index (χ1n) is 11.1. The van der Waals surface area contributed by atoms with Crippen molar-refractivity contribution in [2.75, 3.05) is 53.0 Å². The molecule has 0 spiro atoms. The Hall–Kier alpha value is -2.43. The molecular formula is C21H33N7O3. The average Bonchev–Trinajstić information content (AvgIpc) is 3.44. The van der Waals surface area contributed by atoms with Crippen LogP contribution in [0.5, 0.6) is 0 Å². The lowest BCUT2D eigenvalue weighted by Crippen LogP contribution is -2.48. The highest BCUT2D eigenvalue weighted by atomic mass is 16.5. The van der Waals surface area contributed by atoms with Gasteiger partial charge in [0, 0.05) is 52.2 Å². The minimum absolute atomic E-state index is 0.253. The summed E-state index contributed by atoms with van der Waals surface area (Å²) in [6, 6.07) is 4.17. The van der Waals surface area contributed by atoms with Gasteiger partial charge >= 0.3 is 0 Å². The van der Waals surface area contributed by atoms with Gasteiger partial charge in [0.05, 0.1) is 32.6 Å². The normalized spacial score (nSPS) is 19.9. The van der Waals surface area contributed by atoms with E-state index in [4.69, 9.17) is 18.9 Å². The SMILES string of the molecule is COCc1nc2n(n1)CC(NC(=NCCN1CCOCC1)NCCc1ccco1)CC2. The molecule has 1 atom stereocenters. The number of aromatic nitrogens is 3. The fourth-order valence-corrected chi connectivity index (χ4v) is 3.90. The quantitative estimate of drug-likeness (QED) is 0.436. The molecule has 4 heterocycles. The van der Waals surface area contributed by atoms with E-state index in [0.717, 1.165) is 95.1 Å². The molecule has 0 aromatic carbocycles. The van der Waals surface area contributed by atoms with Gasteiger partial charge in [0.15, 0.2) is 11.8 Å². The number of aryl methyl sites for hydroxylation is 1. The van der Waals surface area contributed by atoms with E-state index in [1.807, 2.05) is 16.8 Å². The van der Waals surface area contributed by atoms with Crippen molar-refractivity contribution < 1.29 is 13.9 Å². The molecule has 1 saturated heterocycles. The van der Waals surface area contributed by atoms with E-state index >= 15 is 0 Å². The second kappa shape index (κ2) is 11.3. The predicted molar refractivity (Wildman–Crippen MR) is 116 cm³/mol. The lowest BCUT2D eigenvalue weighted by Gasteiger charge is -2.27. The highest BCUT2D eigenvalue weighted by Crippen LogP contribution is 2.13. The minimum Gasteiger partial charge on any atom is -0.469 e. The Morgan fingerprint density at radius 3 is 3.06 bits per heavy atom. The molecule has 170 valence electrons. The molecule has 0 bridgehead atoms. The van der Waals surface area contributed by atoms with E-state index in [9.17, 15) is 0 Å². The number of fused-ring (bicyclic) bond motifs is 1. The number of furan rings is 1. The molecule has 2 aromatic heterocycles. The van der Waals surface area contributed by atoms with Crippen molar-refractivity contribution in [3.63, 3.8) is 0 Å². The third-order valence-corrected chi connectivity index (χ3v) is 5.55. The van der Waals surface area contributed by atoms with Crippen LogP contribution in [0.2, 0.25) is 0 Å². The minimum atomic E-state index is 0.253. The number of methoxy groups -OCH3 is 1. The van der Waals surface area contributed by atoms with Crippen molar-refractivity contribution >= 4 is 5.96 Å². The number of aliphatic imine (C=N–C) groups is 1. The smallest absolute Gasteiger partial charge is 0.191 e. The first-order chi connectivity index (χ1) is 15.3. The molecular weight excluding hydrogens is 398 g/mol. The van der Waals surface area contributed by atoms with Crippen LogP contribution >= 0.6 is 0 Å². The number of morpholine rings is 1. The number of nitrogens with one attached hydrogen (secondary N) is 2. The van der Waals surface area contributed by atoms with Crippen LogP contribution in [0.4, 0.5) is 0 Å². The van der Waals surface area contributed by atoms with Crippen LogP contribution < -0.4 is 10.6 Å². The number of ether oxygens (including phenoxy) is 2. The summed E-state index contributed by atoms with van der Waals surface area (Å²) >= 11 is 0. The van der Waals surface area contributed by atoms with Gasteiger partial charge in [-0.15, -0.1) is 0 Å². The molecule has 2 aromatic rings. The number of rotatable bonds is 9. The fraction of sp³-hybridized carbons (Fsp3) is 0.667. The monoisotopic (exact) mass is 431 g/mol. The molecule has 0 saturated carbocycles. The molecule has 4 rings (SSSR count). The van der Waals surface area contributed by atoms with Crippen molar-refractivity contribution in [1.82, 2.24) is 30.3 Å². The number of guanidine groups is 1. The van der Waals surface area contributed by atoms with Crippen LogP contribution in [0, 0.1) is 0 Å². The Morgan fingerprint density at radius 2 is 2.26 bits per heavy atom. The van der Waals surface area contributed by atoms with Crippen LogP contribution in [0.15, 0.2) is 27.8 Å². The average molecular weight is 432 g/mol. The summed E-state index contributed by atoms with van der Waals surface area (Å²) in [5, 5.41) is 11.6. The second-order valence-corrected chi connectivity index (χ2v) is 7.88. The van der Waals surface area contributed by atoms with Crippen molar-refractivity contribution in [3.8, 4) is 0 Å². The molecule has 2 aliphatic heterocycles. The summed E-state index contributed by atoms with van der Waals surface area (Å²) in [5.41, 5.74) is 0. The summed E-state index contributed by atoms with van der Waals surface area (Å²) in [6.45, 7) is 7.23. The van der Waals surface area contributed by atoms with E-state index in [0.29, 0.717) is 6.61 Å². The van der Waals surface area contributed by atoms with Crippen molar-refractivity contribution in [3.05, 3.63) is 35.8 Å². The molecule has 10 heteroatoms. The first-order valence-corrected chi connectivity index (χ1v) is 11.1. The molecule has 2 aliphatic rings. The van der Waals surface area contributed by atoms with Crippen LogP contribution in [0.25, 0.3) is 0 Å². The molecule has 10 nitrogen and oxygen atoms in total. The first kappa shape index (κ1) is 21.8. The van der Waals surface area contributed by atoms with Crippen LogP contribution in [-0.2, 0) is 35.5 Å². The molecule has 2 N–H and O–H groups in total.